The third-order valence-corrected chi connectivity index (χ3v) is 7.57. The summed E-state index contributed by atoms with van der Waals surface area (Å²) in [4.78, 5) is 24.5. The number of piperidine rings is 1. The predicted octanol–water partition coefficient (Wildman–Crippen LogP) is 3.69. The summed E-state index contributed by atoms with van der Waals surface area (Å²) in [5.74, 6) is 2.28. The quantitative estimate of drug-likeness (QED) is 0.682. The van der Waals surface area contributed by atoms with E-state index in [0.717, 1.165) is 44.2 Å². The van der Waals surface area contributed by atoms with Crippen LogP contribution in [0.4, 0.5) is 0 Å². The summed E-state index contributed by atoms with van der Waals surface area (Å²) in [6, 6.07) is 7.94. The summed E-state index contributed by atoms with van der Waals surface area (Å²) in [6.45, 7) is 5.73. The average Bonchev–Trinajstić information content (AvgIpc) is 3.29. The fraction of sp³-hybridized carbons (Fsp3) is 0.625. The van der Waals surface area contributed by atoms with Gasteiger partial charge >= 0.3 is 0 Å². The lowest BCUT2D eigenvalue weighted by atomic mass is 9.78. The van der Waals surface area contributed by atoms with Crippen molar-refractivity contribution in [1.82, 2.24) is 24.8 Å². The van der Waals surface area contributed by atoms with Gasteiger partial charge in [0, 0.05) is 49.4 Å². The first kappa shape index (κ1) is 21.9. The Bertz CT molecular complexity index is 907. The number of halogens is 1. The Morgan fingerprint density at radius 1 is 0.969 bits per heavy atom. The van der Waals surface area contributed by atoms with E-state index in [1.54, 1.807) is 0 Å². The van der Waals surface area contributed by atoms with Gasteiger partial charge in [-0.15, -0.1) is 0 Å². The molecule has 5 rings (SSSR count). The topological polar surface area (TPSA) is 65.7 Å². The highest BCUT2D eigenvalue weighted by Crippen LogP contribution is 2.35. The highest BCUT2D eigenvalue weighted by molar-refractivity contribution is 6.30. The van der Waals surface area contributed by atoms with Crippen molar-refractivity contribution < 1.29 is 9.32 Å². The maximum Gasteiger partial charge on any atom is 0.241 e. The molecule has 32 heavy (non-hydrogen) atoms. The smallest absolute Gasteiger partial charge is 0.241 e. The van der Waals surface area contributed by atoms with E-state index < -0.39 is 0 Å². The summed E-state index contributed by atoms with van der Waals surface area (Å²) in [6.07, 6.45) is 7.60. The molecule has 0 bridgehead atoms. The van der Waals surface area contributed by atoms with Gasteiger partial charge in [0.05, 0.1) is 13.1 Å². The number of hydrogen-bond acceptors (Lipinski definition) is 6. The number of carbonyl (C=O) groups excluding carboxylic acids is 1. The molecular weight excluding hydrogens is 426 g/mol. The molecule has 8 heteroatoms. The van der Waals surface area contributed by atoms with Gasteiger partial charge in [-0.2, -0.15) is 4.98 Å². The first-order chi connectivity index (χ1) is 15.7. The minimum atomic E-state index is 0.333. The summed E-state index contributed by atoms with van der Waals surface area (Å²) in [7, 11) is 0. The van der Waals surface area contributed by atoms with Crippen LogP contribution in [-0.2, 0) is 11.3 Å². The maximum absolute atomic E-state index is 13.1. The molecule has 7 nitrogen and oxygen atoms in total. The third kappa shape index (κ3) is 5.00. The molecular formula is C24H32ClN5O2. The number of piperazine rings is 1. The molecule has 2 unspecified atom stereocenters. The van der Waals surface area contributed by atoms with Gasteiger partial charge in [0.15, 0.2) is 0 Å². The molecule has 2 saturated heterocycles. The van der Waals surface area contributed by atoms with Crippen molar-refractivity contribution in [2.45, 2.75) is 51.1 Å². The minimum Gasteiger partial charge on any atom is -0.338 e. The van der Waals surface area contributed by atoms with E-state index in [1.807, 2.05) is 24.3 Å². The van der Waals surface area contributed by atoms with Crippen LogP contribution in [0.3, 0.4) is 0 Å². The molecule has 1 aromatic carbocycles. The Morgan fingerprint density at radius 2 is 1.69 bits per heavy atom. The average molecular weight is 458 g/mol. The van der Waals surface area contributed by atoms with Crippen LogP contribution in [0, 0.1) is 5.92 Å². The molecule has 1 amide bonds. The van der Waals surface area contributed by atoms with Crippen LogP contribution in [0.25, 0.3) is 11.4 Å². The first-order valence-electron chi connectivity index (χ1n) is 12.0. The number of amides is 1. The Balaban J connectivity index is 1.10. The molecule has 0 N–H and O–H groups in total. The Kier molecular flexibility index (Phi) is 6.76. The van der Waals surface area contributed by atoms with E-state index in [-0.39, 0.29) is 0 Å². The van der Waals surface area contributed by atoms with Crippen molar-refractivity contribution in [2.24, 2.45) is 5.92 Å². The summed E-state index contributed by atoms with van der Waals surface area (Å²) in [5.41, 5.74) is 0.894. The number of rotatable bonds is 5. The van der Waals surface area contributed by atoms with Crippen LogP contribution in [0.2, 0.25) is 5.02 Å². The Morgan fingerprint density at radius 3 is 2.50 bits per heavy atom. The van der Waals surface area contributed by atoms with Crippen molar-refractivity contribution in [3.8, 4) is 11.4 Å². The van der Waals surface area contributed by atoms with E-state index in [2.05, 4.69) is 24.8 Å². The molecule has 1 aromatic heterocycles. The molecule has 3 aliphatic rings. The zero-order valence-electron chi connectivity index (χ0n) is 18.6. The van der Waals surface area contributed by atoms with Crippen molar-refractivity contribution >= 4 is 17.5 Å². The van der Waals surface area contributed by atoms with Crippen LogP contribution in [-0.4, -0.2) is 76.1 Å². The second-order valence-corrected chi connectivity index (χ2v) is 9.85. The summed E-state index contributed by atoms with van der Waals surface area (Å²) in [5, 5.41) is 4.79. The monoisotopic (exact) mass is 457 g/mol. The molecule has 1 saturated carbocycles. The fourth-order valence-corrected chi connectivity index (χ4v) is 5.67. The number of hydrogen-bond donors (Lipinski definition) is 0. The van der Waals surface area contributed by atoms with Gasteiger partial charge in [-0.25, -0.2) is 0 Å². The highest BCUT2D eigenvalue weighted by Gasteiger charge is 2.36. The van der Waals surface area contributed by atoms with Crippen molar-refractivity contribution in [3.05, 3.63) is 35.2 Å². The normalized spacial score (nSPS) is 25.0. The van der Waals surface area contributed by atoms with Gasteiger partial charge in [0.1, 0.15) is 0 Å². The zero-order chi connectivity index (χ0) is 21.9. The van der Waals surface area contributed by atoms with E-state index in [4.69, 9.17) is 16.1 Å². The Hall–Kier alpha value is -1.96. The zero-order valence-corrected chi connectivity index (χ0v) is 19.3. The summed E-state index contributed by atoms with van der Waals surface area (Å²) >= 11 is 5.95. The molecule has 0 radical (unpaired) electrons. The first-order valence-corrected chi connectivity index (χ1v) is 12.4. The SMILES string of the molecule is O=C(CN1CCN(Cc2nc(-c3ccc(Cl)cc3)no2)CC1)N1CCCC2CCCCC21. The van der Waals surface area contributed by atoms with E-state index >= 15 is 0 Å². The standard InChI is InChI=1S/C24H32ClN5O2/c25-20-9-7-19(8-10-20)24-26-22(32-27-24)16-28-12-14-29(15-13-28)17-23(31)30-11-3-5-18-4-1-2-6-21(18)30/h7-10,18,21H,1-6,11-17H2. The predicted molar refractivity (Wildman–Crippen MR) is 123 cm³/mol. The lowest BCUT2D eigenvalue weighted by Gasteiger charge is -2.45. The van der Waals surface area contributed by atoms with Gasteiger partial charge in [-0.05, 0) is 55.9 Å². The lowest BCUT2D eigenvalue weighted by Crippen LogP contribution is -2.54. The van der Waals surface area contributed by atoms with Gasteiger partial charge < -0.3 is 9.42 Å². The van der Waals surface area contributed by atoms with Crippen molar-refractivity contribution in [3.63, 3.8) is 0 Å². The van der Waals surface area contributed by atoms with Gasteiger partial charge in [-0.3, -0.25) is 14.6 Å². The molecule has 1 aliphatic carbocycles. The van der Waals surface area contributed by atoms with Gasteiger partial charge in [-0.1, -0.05) is 29.6 Å². The molecule has 2 atom stereocenters. The van der Waals surface area contributed by atoms with Crippen LogP contribution in [0.15, 0.2) is 28.8 Å². The number of likely N-dealkylation sites (tertiary alicyclic amines) is 1. The highest BCUT2D eigenvalue weighted by atomic mass is 35.5. The molecule has 2 aliphatic heterocycles. The molecule has 2 aromatic rings. The maximum atomic E-state index is 13.1. The largest absolute Gasteiger partial charge is 0.338 e. The second-order valence-electron chi connectivity index (χ2n) is 9.41. The van der Waals surface area contributed by atoms with Gasteiger partial charge in [0.2, 0.25) is 17.6 Å². The number of fused-ring (bicyclic) bond motifs is 1. The van der Waals surface area contributed by atoms with Crippen LogP contribution >= 0.6 is 11.6 Å². The second kappa shape index (κ2) is 9.89. The number of aromatic nitrogens is 2. The minimum absolute atomic E-state index is 0.333. The summed E-state index contributed by atoms with van der Waals surface area (Å²) < 4.78 is 5.46. The molecule has 0 spiro atoms. The van der Waals surface area contributed by atoms with Crippen molar-refractivity contribution in [1.29, 1.82) is 0 Å². The van der Waals surface area contributed by atoms with Crippen molar-refractivity contribution in [2.75, 3.05) is 39.3 Å². The van der Waals surface area contributed by atoms with E-state index in [9.17, 15) is 4.79 Å². The third-order valence-electron chi connectivity index (χ3n) is 7.32. The van der Waals surface area contributed by atoms with Crippen LogP contribution in [0.1, 0.15) is 44.4 Å². The van der Waals surface area contributed by atoms with Crippen LogP contribution < -0.4 is 0 Å². The molecule has 172 valence electrons. The molecule has 3 heterocycles. The lowest BCUT2D eigenvalue weighted by molar-refractivity contribution is -0.139. The number of carbonyl (C=O) groups is 1. The Labute approximate surface area is 194 Å². The fourth-order valence-electron chi connectivity index (χ4n) is 5.55. The number of benzene rings is 1. The van der Waals surface area contributed by atoms with Gasteiger partial charge in [0.25, 0.3) is 0 Å². The van der Waals surface area contributed by atoms with Crippen LogP contribution in [0.5, 0.6) is 0 Å². The van der Waals surface area contributed by atoms with E-state index in [0.29, 0.717) is 41.8 Å². The number of nitrogens with zero attached hydrogens (tertiary/aromatic N) is 5. The van der Waals surface area contributed by atoms with E-state index in [1.165, 1.54) is 38.5 Å². The molecule has 3 fully saturated rings.